The van der Waals surface area contributed by atoms with Gasteiger partial charge in [0.1, 0.15) is 0 Å². The van der Waals surface area contributed by atoms with Crippen molar-refractivity contribution in [3.8, 4) is 17.2 Å². The number of likely N-dealkylation sites (tertiary alicyclic amines) is 1. The number of rotatable bonds is 6. The number of ether oxygens (including phenoxy) is 3. The summed E-state index contributed by atoms with van der Waals surface area (Å²) in [5.41, 5.74) is 0.477. The summed E-state index contributed by atoms with van der Waals surface area (Å²) in [7, 11) is 4.68. The fraction of sp³-hybridized carbons (Fsp3) is 0.619. The van der Waals surface area contributed by atoms with Gasteiger partial charge in [0.25, 0.3) is 0 Å². The number of methoxy groups -OCH3 is 3. The van der Waals surface area contributed by atoms with E-state index >= 15 is 0 Å². The summed E-state index contributed by atoms with van der Waals surface area (Å²) < 4.78 is 16.0. The van der Waals surface area contributed by atoms with E-state index in [0.29, 0.717) is 49.7 Å². The van der Waals surface area contributed by atoms with Crippen molar-refractivity contribution in [2.24, 2.45) is 11.3 Å². The molecule has 1 aliphatic heterocycles. The molecule has 1 aliphatic rings. The van der Waals surface area contributed by atoms with E-state index in [4.69, 9.17) is 14.2 Å². The standard InChI is InChI=1S/C21H32N2O5/c1-21(2,3)20(25)23-9-7-15(8-10-23)19(24)22-13-14-11-16(26-4)18(28-6)17(12-14)27-5/h11-12,15H,7-10,13H2,1-6H3,(H,22,24). The van der Waals surface area contributed by atoms with E-state index in [1.807, 2.05) is 37.8 Å². The first-order valence-electron chi connectivity index (χ1n) is 9.57. The maximum atomic E-state index is 12.6. The van der Waals surface area contributed by atoms with Gasteiger partial charge in [-0.05, 0) is 30.5 Å². The minimum atomic E-state index is -0.387. The predicted molar refractivity (Wildman–Crippen MR) is 107 cm³/mol. The Labute approximate surface area is 167 Å². The zero-order chi connectivity index (χ0) is 20.9. The highest BCUT2D eigenvalue weighted by molar-refractivity contribution is 5.82. The Kier molecular flexibility index (Phi) is 7.16. The third-order valence-electron chi connectivity index (χ3n) is 4.99. The molecule has 0 aromatic heterocycles. The van der Waals surface area contributed by atoms with Crippen LogP contribution in [0.2, 0.25) is 0 Å². The molecule has 0 spiro atoms. The van der Waals surface area contributed by atoms with Crippen LogP contribution in [0.1, 0.15) is 39.2 Å². The summed E-state index contributed by atoms with van der Waals surface area (Å²) in [6.07, 6.45) is 1.37. The van der Waals surface area contributed by atoms with E-state index in [2.05, 4.69) is 5.32 Å². The molecule has 7 nitrogen and oxygen atoms in total. The second kappa shape index (κ2) is 9.17. The van der Waals surface area contributed by atoms with E-state index in [1.165, 1.54) is 0 Å². The number of hydrogen-bond acceptors (Lipinski definition) is 5. The van der Waals surface area contributed by atoms with Gasteiger partial charge in [-0.15, -0.1) is 0 Å². The highest BCUT2D eigenvalue weighted by Gasteiger charge is 2.32. The van der Waals surface area contributed by atoms with Gasteiger partial charge in [-0.2, -0.15) is 0 Å². The van der Waals surface area contributed by atoms with Crippen LogP contribution < -0.4 is 19.5 Å². The summed E-state index contributed by atoms with van der Waals surface area (Å²) in [6.45, 7) is 7.38. The molecule has 0 atom stereocenters. The van der Waals surface area contributed by atoms with Gasteiger partial charge in [0.2, 0.25) is 17.6 Å². The van der Waals surface area contributed by atoms with Gasteiger partial charge in [0, 0.05) is 31.0 Å². The van der Waals surface area contributed by atoms with Crippen LogP contribution in [0, 0.1) is 11.3 Å². The Bertz CT molecular complexity index is 678. The molecular formula is C21H32N2O5. The van der Waals surface area contributed by atoms with Crippen molar-refractivity contribution in [1.82, 2.24) is 10.2 Å². The molecule has 0 bridgehead atoms. The molecule has 0 radical (unpaired) electrons. The fourth-order valence-electron chi connectivity index (χ4n) is 3.39. The van der Waals surface area contributed by atoms with Gasteiger partial charge in [-0.1, -0.05) is 20.8 Å². The summed E-state index contributed by atoms with van der Waals surface area (Å²) >= 11 is 0. The number of piperidine rings is 1. The smallest absolute Gasteiger partial charge is 0.227 e. The third kappa shape index (κ3) is 5.09. The summed E-state index contributed by atoms with van der Waals surface area (Å²) in [4.78, 5) is 26.8. The Morgan fingerprint density at radius 2 is 1.57 bits per heavy atom. The van der Waals surface area contributed by atoms with Crippen LogP contribution in [0.5, 0.6) is 17.2 Å². The molecule has 0 unspecified atom stereocenters. The van der Waals surface area contributed by atoms with Gasteiger partial charge in [0.05, 0.1) is 21.3 Å². The molecule has 2 rings (SSSR count). The SMILES string of the molecule is COc1cc(CNC(=O)C2CCN(C(=O)C(C)(C)C)CC2)cc(OC)c1OC. The van der Waals surface area contributed by atoms with Crippen molar-refractivity contribution in [3.05, 3.63) is 17.7 Å². The highest BCUT2D eigenvalue weighted by atomic mass is 16.5. The largest absolute Gasteiger partial charge is 0.493 e. The Morgan fingerprint density at radius 3 is 2.00 bits per heavy atom. The summed E-state index contributed by atoms with van der Waals surface area (Å²) in [5, 5.41) is 2.99. The molecule has 1 fully saturated rings. The third-order valence-corrected chi connectivity index (χ3v) is 4.99. The lowest BCUT2D eigenvalue weighted by molar-refractivity contribution is -0.142. The maximum Gasteiger partial charge on any atom is 0.227 e. The van der Waals surface area contributed by atoms with Crippen molar-refractivity contribution in [2.75, 3.05) is 34.4 Å². The Morgan fingerprint density at radius 1 is 1.04 bits per heavy atom. The number of nitrogens with one attached hydrogen (secondary N) is 1. The molecule has 1 heterocycles. The van der Waals surface area contributed by atoms with Gasteiger partial charge in [0.15, 0.2) is 11.5 Å². The van der Waals surface area contributed by atoms with E-state index in [9.17, 15) is 9.59 Å². The van der Waals surface area contributed by atoms with Crippen molar-refractivity contribution >= 4 is 11.8 Å². The zero-order valence-electron chi connectivity index (χ0n) is 17.8. The molecular weight excluding hydrogens is 360 g/mol. The van der Waals surface area contributed by atoms with Gasteiger partial charge in [-0.25, -0.2) is 0 Å². The second-order valence-electron chi connectivity index (χ2n) is 8.07. The van der Waals surface area contributed by atoms with Crippen LogP contribution in [-0.4, -0.2) is 51.1 Å². The lowest BCUT2D eigenvalue weighted by Gasteiger charge is -2.35. The number of nitrogens with zero attached hydrogens (tertiary/aromatic N) is 1. The minimum absolute atomic E-state index is 0.0107. The molecule has 0 aliphatic carbocycles. The Balaban J connectivity index is 1.94. The average Bonchev–Trinajstić information content (AvgIpc) is 2.69. The van der Waals surface area contributed by atoms with Gasteiger partial charge >= 0.3 is 0 Å². The number of carbonyl (C=O) groups excluding carboxylic acids is 2. The Hall–Kier alpha value is -2.44. The molecule has 1 aromatic rings. The molecule has 1 N–H and O–H groups in total. The van der Waals surface area contributed by atoms with Gasteiger partial charge in [-0.3, -0.25) is 9.59 Å². The zero-order valence-corrected chi connectivity index (χ0v) is 17.8. The fourth-order valence-corrected chi connectivity index (χ4v) is 3.39. The topological polar surface area (TPSA) is 77.1 Å². The predicted octanol–water partition coefficient (Wildman–Crippen LogP) is 2.61. The minimum Gasteiger partial charge on any atom is -0.493 e. The monoisotopic (exact) mass is 392 g/mol. The summed E-state index contributed by atoms with van der Waals surface area (Å²) in [5.74, 6) is 1.71. The van der Waals surface area contributed by atoms with Crippen molar-refractivity contribution in [1.29, 1.82) is 0 Å². The molecule has 1 saturated heterocycles. The van der Waals surface area contributed by atoms with Crippen LogP contribution >= 0.6 is 0 Å². The van der Waals surface area contributed by atoms with Crippen LogP contribution in [0.25, 0.3) is 0 Å². The second-order valence-corrected chi connectivity index (χ2v) is 8.07. The lowest BCUT2D eigenvalue weighted by Crippen LogP contribution is -2.46. The number of amides is 2. The maximum absolute atomic E-state index is 12.6. The number of benzene rings is 1. The first-order valence-corrected chi connectivity index (χ1v) is 9.57. The number of carbonyl (C=O) groups is 2. The molecule has 7 heteroatoms. The van der Waals surface area contributed by atoms with Gasteiger partial charge < -0.3 is 24.4 Å². The number of hydrogen-bond donors (Lipinski definition) is 1. The lowest BCUT2D eigenvalue weighted by atomic mass is 9.90. The average molecular weight is 392 g/mol. The van der Waals surface area contributed by atoms with E-state index < -0.39 is 0 Å². The van der Waals surface area contributed by atoms with Crippen LogP contribution in [0.4, 0.5) is 0 Å². The molecule has 0 saturated carbocycles. The van der Waals surface area contributed by atoms with Crippen LogP contribution in [-0.2, 0) is 16.1 Å². The first kappa shape index (κ1) is 21.9. The summed E-state index contributed by atoms with van der Waals surface area (Å²) in [6, 6.07) is 3.65. The molecule has 2 amide bonds. The highest BCUT2D eigenvalue weighted by Crippen LogP contribution is 2.38. The van der Waals surface area contributed by atoms with Crippen molar-refractivity contribution in [2.45, 2.75) is 40.2 Å². The van der Waals surface area contributed by atoms with Crippen molar-refractivity contribution in [3.63, 3.8) is 0 Å². The van der Waals surface area contributed by atoms with E-state index in [-0.39, 0.29) is 23.1 Å². The quantitative estimate of drug-likeness (QED) is 0.805. The van der Waals surface area contributed by atoms with E-state index in [0.717, 1.165) is 5.56 Å². The normalized spacial score (nSPS) is 15.1. The first-order chi connectivity index (χ1) is 13.2. The van der Waals surface area contributed by atoms with Crippen LogP contribution in [0.3, 0.4) is 0 Å². The van der Waals surface area contributed by atoms with Crippen LogP contribution in [0.15, 0.2) is 12.1 Å². The van der Waals surface area contributed by atoms with Crippen molar-refractivity contribution < 1.29 is 23.8 Å². The molecule has 1 aromatic carbocycles. The molecule has 28 heavy (non-hydrogen) atoms. The molecule has 156 valence electrons. The van der Waals surface area contributed by atoms with E-state index in [1.54, 1.807) is 21.3 Å².